The molecule has 5 nitrogen and oxygen atoms in total. The van der Waals surface area contributed by atoms with Crippen LogP contribution in [0.3, 0.4) is 0 Å². The van der Waals surface area contributed by atoms with Crippen LogP contribution in [0.25, 0.3) is 5.69 Å². The fourth-order valence-electron chi connectivity index (χ4n) is 1.70. The molecule has 0 aliphatic rings. The van der Waals surface area contributed by atoms with Crippen molar-refractivity contribution in [3.8, 4) is 11.4 Å². The van der Waals surface area contributed by atoms with E-state index < -0.39 is 5.97 Å². The molecule has 0 atom stereocenters. The summed E-state index contributed by atoms with van der Waals surface area (Å²) in [4.78, 5) is 11.6. The Hall–Kier alpha value is -1.57. The number of benzene rings is 1. The minimum Gasteiger partial charge on any atom is -0.497 e. The second-order valence-corrected chi connectivity index (χ2v) is 4.93. The molecule has 0 unspecified atom stereocenters. The lowest BCUT2D eigenvalue weighted by Gasteiger charge is -2.06. The number of methoxy groups -OCH3 is 2. The van der Waals surface area contributed by atoms with Crippen LogP contribution in [0.2, 0.25) is 0 Å². The molecule has 6 heteroatoms. The second-order valence-electron chi connectivity index (χ2n) is 3.85. The first-order valence-electron chi connectivity index (χ1n) is 5.56. The van der Waals surface area contributed by atoms with E-state index in [1.807, 2.05) is 31.2 Å². The summed E-state index contributed by atoms with van der Waals surface area (Å²) in [5, 5.41) is 4.30. The van der Waals surface area contributed by atoms with Crippen LogP contribution >= 0.6 is 22.6 Å². The maximum atomic E-state index is 11.6. The van der Waals surface area contributed by atoms with Gasteiger partial charge in [0.25, 0.3) is 0 Å². The predicted molar refractivity (Wildman–Crippen MR) is 78.9 cm³/mol. The summed E-state index contributed by atoms with van der Waals surface area (Å²) in [5.41, 5.74) is 2.04. The van der Waals surface area contributed by atoms with Crippen molar-refractivity contribution in [2.75, 3.05) is 14.2 Å². The van der Waals surface area contributed by atoms with Gasteiger partial charge in [-0.15, -0.1) is 0 Å². The van der Waals surface area contributed by atoms with Gasteiger partial charge in [-0.25, -0.2) is 9.48 Å². The van der Waals surface area contributed by atoms with Gasteiger partial charge in [0.15, 0.2) is 5.69 Å². The summed E-state index contributed by atoms with van der Waals surface area (Å²) in [5.74, 6) is 0.302. The number of halogens is 1. The molecule has 0 aliphatic heterocycles. The zero-order valence-corrected chi connectivity index (χ0v) is 13.0. The summed E-state index contributed by atoms with van der Waals surface area (Å²) in [6, 6.07) is 7.49. The van der Waals surface area contributed by atoms with Crippen molar-refractivity contribution in [3.05, 3.63) is 39.2 Å². The highest BCUT2D eigenvalue weighted by Crippen LogP contribution is 2.23. The van der Waals surface area contributed by atoms with Crippen molar-refractivity contribution in [2.24, 2.45) is 0 Å². The van der Waals surface area contributed by atoms with E-state index in [4.69, 9.17) is 9.47 Å². The molecule has 0 saturated carbocycles. The van der Waals surface area contributed by atoms with Crippen LogP contribution in [0.1, 0.15) is 16.2 Å². The van der Waals surface area contributed by atoms with Crippen LogP contribution in [0.5, 0.6) is 5.75 Å². The number of rotatable bonds is 3. The topological polar surface area (TPSA) is 53.3 Å². The van der Waals surface area contributed by atoms with Crippen molar-refractivity contribution in [1.29, 1.82) is 0 Å². The molecule has 0 radical (unpaired) electrons. The van der Waals surface area contributed by atoms with E-state index in [1.165, 1.54) is 7.11 Å². The zero-order valence-electron chi connectivity index (χ0n) is 10.8. The number of carbonyl (C=O) groups is 1. The minimum atomic E-state index is -0.436. The summed E-state index contributed by atoms with van der Waals surface area (Å²) in [6.07, 6.45) is 0. The minimum absolute atomic E-state index is 0.323. The van der Waals surface area contributed by atoms with E-state index >= 15 is 0 Å². The number of aromatic nitrogens is 2. The maximum Gasteiger partial charge on any atom is 0.359 e. The lowest BCUT2D eigenvalue weighted by molar-refractivity contribution is 0.0592. The van der Waals surface area contributed by atoms with Crippen LogP contribution < -0.4 is 4.74 Å². The van der Waals surface area contributed by atoms with Crippen LogP contribution in [0, 0.1) is 10.5 Å². The summed E-state index contributed by atoms with van der Waals surface area (Å²) in [7, 11) is 2.96. The Labute approximate surface area is 124 Å². The zero-order chi connectivity index (χ0) is 14.0. The van der Waals surface area contributed by atoms with Crippen molar-refractivity contribution in [3.63, 3.8) is 0 Å². The normalized spacial score (nSPS) is 10.3. The van der Waals surface area contributed by atoms with Gasteiger partial charge < -0.3 is 9.47 Å². The molecular formula is C13H13IN2O3. The highest BCUT2D eigenvalue weighted by Gasteiger charge is 2.20. The van der Waals surface area contributed by atoms with Gasteiger partial charge in [-0.2, -0.15) is 5.10 Å². The van der Waals surface area contributed by atoms with Gasteiger partial charge in [-0.1, -0.05) is 6.07 Å². The Morgan fingerprint density at radius 1 is 1.37 bits per heavy atom. The van der Waals surface area contributed by atoms with E-state index in [0.29, 0.717) is 5.69 Å². The number of nitrogens with zero attached hydrogens (tertiary/aromatic N) is 2. The Balaban J connectivity index is 2.53. The molecule has 0 amide bonds. The molecule has 0 spiro atoms. The van der Waals surface area contributed by atoms with Gasteiger partial charge in [-0.3, -0.25) is 0 Å². The van der Waals surface area contributed by atoms with Crippen LogP contribution in [-0.4, -0.2) is 30.0 Å². The predicted octanol–water partition coefficient (Wildman–Crippen LogP) is 2.58. The largest absolute Gasteiger partial charge is 0.497 e. The molecule has 0 bridgehead atoms. The third-order valence-corrected chi connectivity index (χ3v) is 4.01. The third-order valence-electron chi connectivity index (χ3n) is 2.72. The van der Waals surface area contributed by atoms with Crippen molar-refractivity contribution < 1.29 is 14.3 Å². The number of ether oxygens (including phenoxy) is 2. The summed E-state index contributed by atoms with van der Waals surface area (Å²) in [6.45, 7) is 1.90. The van der Waals surface area contributed by atoms with Crippen molar-refractivity contribution >= 4 is 28.6 Å². The van der Waals surface area contributed by atoms with Gasteiger partial charge in [0.2, 0.25) is 0 Å². The van der Waals surface area contributed by atoms with Crippen molar-refractivity contribution in [1.82, 2.24) is 9.78 Å². The standard InChI is InChI=1S/C13H13IN2O3/c1-8-11(14)12(13(17)19-3)15-16(8)9-5-4-6-10(7-9)18-2/h4-7H,1-3H3. The molecular weight excluding hydrogens is 359 g/mol. The van der Waals surface area contributed by atoms with Crippen molar-refractivity contribution in [2.45, 2.75) is 6.92 Å². The lowest BCUT2D eigenvalue weighted by atomic mass is 10.3. The highest BCUT2D eigenvalue weighted by molar-refractivity contribution is 14.1. The maximum absolute atomic E-state index is 11.6. The molecule has 0 saturated heterocycles. The van der Waals surface area contributed by atoms with Gasteiger partial charge in [0.05, 0.1) is 29.2 Å². The first-order valence-corrected chi connectivity index (χ1v) is 6.64. The SMILES string of the molecule is COC(=O)c1nn(-c2cccc(OC)c2)c(C)c1I. The third kappa shape index (κ3) is 2.58. The van der Waals surface area contributed by atoms with Crippen LogP contribution in [-0.2, 0) is 4.74 Å². The lowest BCUT2D eigenvalue weighted by Crippen LogP contribution is -2.05. The second kappa shape index (κ2) is 5.60. The van der Waals surface area contributed by atoms with Gasteiger partial charge in [-0.05, 0) is 41.6 Å². The van der Waals surface area contributed by atoms with E-state index in [2.05, 4.69) is 27.7 Å². The molecule has 1 aromatic heterocycles. The Morgan fingerprint density at radius 3 is 2.74 bits per heavy atom. The Morgan fingerprint density at radius 2 is 2.11 bits per heavy atom. The Bertz CT molecular complexity index is 622. The molecule has 1 aromatic carbocycles. The number of hydrogen-bond acceptors (Lipinski definition) is 4. The van der Waals surface area contributed by atoms with E-state index in [9.17, 15) is 4.79 Å². The summed E-state index contributed by atoms with van der Waals surface area (Å²) >= 11 is 2.09. The first-order chi connectivity index (χ1) is 9.08. The average molecular weight is 372 g/mol. The van der Waals surface area contributed by atoms with Crippen LogP contribution in [0.15, 0.2) is 24.3 Å². The number of carbonyl (C=O) groups excluding carboxylic acids is 1. The quantitative estimate of drug-likeness (QED) is 0.614. The van der Waals surface area contributed by atoms with Gasteiger partial charge in [0.1, 0.15) is 5.75 Å². The molecule has 0 fully saturated rings. The number of hydrogen-bond donors (Lipinski definition) is 0. The summed E-state index contributed by atoms with van der Waals surface area (Å²) < 4.78 is 12.4. The fourth-order valence-corrected chi connectivity index (χ4v) is 2.26. The Kier molecular flexibility index (Phi) is 4.08. The molecule has 0 aliphatic carbocycles. The van der Waals surface area contributed by atoms with E-state index in [1.54, 1.807) is 11.8 Å². The smallest absolute Gasteiger partial charge is 0.359 e. The van der Waals surface area contributed by atoms with Gasteiger partial charge >= 0.3 is 5.97 Å². The number of esters is 1. The first kappa shape index (κ1) is 13.9. The molecule has 2 aromatic rings. The molecule has 2 rings (SSSR count). The van der Waals surface area contributed by atoms with Crippen LogP contribution in [0.4, 0.5) is 0 Å². The molecule has 19 heavy (non-hydrogen) atoms. The fraction of sp³-hybridized carbons (Fsp3) is 0.231. The molecule has 100 valence electrons. The highest BCUT2D eigenvalue weighted by atomic mass is 127. The molecule has 1 heterocycles. The molecule has 0 N–H and O–H groups in total. The monoisotopic (exact) mass is 372 g/mol. The average Bonchev–Trinajstić information content (AvgIpc) is 2.75. The van der Waals surface area contributed by atoms with E-state index in [-0.39, 0.29) is 0 Å². The van der Waals surface area contributed by atoms with E-state index in [0.717, 1.165) is 20.7 Å². The van der Waals surface area contributed by atoms with Gasteiger partial charge in [0, 0.05) is 6.07 Å².